The summed E-state index contributed by atoms with van der Waals surface area (Å²) in [6.45, 7) is 2.27. The molecule has 7 heteroatoms. The largest absolute Gasteiger partial charge is 0.497 e. The maximum atomic E-state index is 13.4. The first-order valence-electron chi connectivity index (χ1n) is 11.2. The molecule has 0 unspecified atom stereocenters. The Morgan fingerprint density at radius 2 is 1.62 bits per heavy atom. The molecule has 1 heterocycles. The fraction of sp³-hybridized carbons (Fsp3) is 0.222. The van der Waals surface area contributed by atoms with Gasteiger partial charge in [0, 0.05) is 12.2 Å². The summed E-state index contributed by atoms with van der Waals surface area (Å²) in [6.07, 6.45) is 0.450. The highest BCUT2D eigenvalue weighted by Crippen LogP contribution is 2.28. The van der Waals surface area contributed by atoms with Crippen molar-refractivity contribution in [2.24, 2.45) is 0 Å². The monoisotopic (exact) mass is 457 g/mol. The summed E-state index contributed by atoms with van der Waals surface area (Å²) in [5.41, 5.74) is 3.18. The molecule has 3 aromatic carbocycles. The van der Waals surface area contributed by atoms with E-state index in [1.54, 1.807) is 43.5 Å². The van der Waals surface area contributed by atoms with Crippen LogP contribution in [0.15, 0.2) is 78.9 Å². The zero-order valence-electron chi connectivity index (χ0n) is 19.2. The van der Waals surface area contributed by atoms with E-state index in [1.165, 1.54) is 9.80 Å². The third-order valence-corrected chi connectivity index (χ3v) is 5.85. The average Bonchev–Trinajstić information content (AvgIpc) is 3.08. The Morgan fingerprint density at radius 3 is 2.26 bits per heavy atom. The van der Waals surface area contributed by atoms with E-state index in [-0.39, 0.29) is 12.3 Å². The number of amides is 4. The van der Waals surface area contributed by atoms with Gasteiger partial charge < -0.3 is 15.0 Å². The summed E-state index contributed by atoms with van der Waals surface area (Å²) < 4.78 is 5.14. The van der Waals surface area contributed by atoms with Crippen molar-refractivity contribution in [1.29, 1.82) is 0 Å². The summed E-state index contributed by atoms with van der Waals surface area (Å²) in [7, 11) is 1.57. The minimum absolute atomic E-state index is 0.131. The van der Waals surface area contributed by atoms with Crippen molar-refractivity contribution in [3.63, 3.8) is 0 Å². The molecule has 4 rings (SSSR count). The quantitative estimate of drug-likeness (QED) is 0.508. The van der Waals surface area contributed by atoms with E-state index in [0.29, 0.717) is 30.1 Å². The molecule has 1 fully saturated rings. The lowest BCUT2D eigenvalue weighted by atomic mass is 10.1. The number of hydrogen-bond donors (Lipinski definition) is 1. The second-order valence-corrected chi connectivity index (χ2v) is 8.22. The van der Waals surface area contributed by atoms with Crippen LogP contribution < -0.4 is 15.0 Å². The molecule has 174 valence electrons. The maximum Gasteiger partial charge on any atom is 0.332 e. The van der Waals surface area contributed by atoms with E-state index in [2.05, 4.69) is 5.32 Å². The van der Waals surface area contributed by atoms with Crippen molar-refractivity contribution in [1.82, 2.24) is 4.90 Å². The first-order valence-corrected chi connectivity index (χ1v) is 11.2. The van der Waals surface area contributed by atoms with Gasteiger partial charge in [0.15, 0.2) is 0 Å². The molecule has 1 atom stereocenters. The van der Waals surface area contributed by atoms with Gasteiger partial charge in [-0.05, 0) is 55.3 Å². The number of rotatable bonds is 8. The number of anilines is 2. The van der Waals surface area contributed by atoms with Gasteiger partial charge in [0.25, 0.3) is 5.91 Å². The normalized spacial score (nSPS) is 15.5. The lowest BCUT2D eigenvalue weighted by Gasteiger charge is -2.21. The van der Waals surface area contributed by atoms with Crippen LogP contribution in [0.2, 0.25) is 0 Å². The van der Waals surface area contributed by atoms with Gasteiger partial charge in [0.05, 0.1) is 19.2 Å². The van der Waals surface area contributed by atoms with Gasteiger partial charge in [-0.15, -0.1) is 0 Å². The molecule has 0 spiro atoms. The molecule has 7 nitrogen and oxygen atoms in total. The van der Waals surface area contributed by atoms with Crippen molar-refractivity contribution in [3.05, 3.63) is 90.0 Å². The molecule has 1 N–H and O–H groups in total. The highest BCUT2D eigenvalue weighted by molar-refractivity contribution is 6.22. The molecule has 0 bridgehead atoms. The van der Waals surface area contributed by atoms with Crippen molar-refractivity contribution >= 4 is 29.2 Å². The number of carbonyl (C=O) groups is 3. The highest BCUT2D eigenvalue weighted by Gasteiger charge is 2.46. The molecule has 3 aromatic rings. The van der Waals surface area contributed by atoms with Gasteiger partial charge in [-0.3, -0.25) is 9.59 Å². The lowest BCUT2D eigenvalue weighted by molar-refractivity contribution is -0.124. The summed E-state index contributed by atoms with van der Waals surface area (Å²) in [5.74, 6) is -0.0611. The van der Waals surface area contributed by atoms with Gasteiger partial charge in [0.2, 0.25) is 5.91 Å². The van der Waals surface area contributed by atoms with Gasteiger partial charge in [-0.2, -0.15) is 0 Å². The molecule has 1 aliphatic rings. The molecular formula is C27H27N3O4. The van der Waals surface area contributed by atoms with Gasteiger partial charge in [0.1, 0.15) is 11.8 Å². The number of nitrogens with one attached hydrogen (secondary N) is 1. The zero-order valence-corrected chi connectivity index (χ0v) is 19.2. The number of carbonyl (C=O) groups excluding carboxylic acids is 3. The van der Waals surface area contributed by atoms with Crippen LogP contribution >= 0.6 is 0 Å². The second kappa shape index (κ2) is 10.2. The smallest absolute Gasteiger partial charge is 0.332 e. The Hall–Kier alpha value is -4.13. The van der Waals surface area contributed by atoms with Crippen molar-refractivity contribution < 1.29 is 19.1 Å². The first kappa shape index (κ1) is 23.0. The Morgan fingerprint density at radius 1 is 0.941 bits per heavy atom. The average molecular weight is 458 g/mol. The maximum absolute atomic E-state index is 13.4. The molecule has 0 saturated carbocycles. The molecule has 1 aliphatic heterocycles. The van der Waals surface area contributed by atoms with Crippen LogP contribution in [-0.2, 0) is 16.0 Å². The van der Waals surface area contributed by atoms with Crippen LogP contribution in [0.5, 0.6) is 5.75 Å². The third kappa shape index (κ3) is 5.09. The number of urea groups is 1. The minimum Gasteiger partial charge on any atom is -0.497 e. The van der Waals surface area contributed by atoms with Gasteiger partial charge in [-0.1, -0.05) is 48.0 Å². The second-order valence-electron chi connectivity index (χ2n) is 8.22. The van der Waals surface area contributed by atoms with E-state index < -0.39 is 18.0 Å². The fourth-order valence-corrected chi connectivity index (χ4v) is 3.98. The van der Waals surface area contributed by atoms with E-state index in [0.717, 1.165) is 11.1 Å². The van der Waals surface area contributed by atoms with Crippen LogP contribution in [0.25, 0.3) is 0 Å². The molecule has 1 saturated heterocycles. The number of methoxy groups -OCH3 is 1. The fourth-order valence-electron chi connectivity index (χ4n) is 3.98. The van der Waals surface area contributed by atoms with Crippen molar-refractivity contribution in [2.45, 2.75) is 25.8 Å². The van der Waals surface area contributed by atoms with E-state index >= 15 is 0 Å². The number of ether oxygens (including phenoxy) is 1. The first-order chi connectivity index (χ1) is 16.5. The standard InChI is InChI=1S/C27H27N3O4/c1-19-8-12-22(13-9-19)30-26(32)24(18-25(31)28-21-10-14-23(34-2)15-11-21)29(27(30)33)17-16-20-6-4-3-5-7-20/h3-15,24H,16-18H2,1-2H3,(H,28,31)/t24-/m0/s1. The number of benzene rings is 3. The van der Waals surface area contributed by atoms with E-state index in [4.69, 9.17) is 4.74 Å². The predicted octanol–water partition coefficient (Wildman–Crippen LogP) is 4.41. The van der Waals surface area contributed by atoms with Crippen molar-refractivity contribution in [3.8, 4) is 5.75 Å². The molecule has 0 aliphatic carbocycles. The van der Waals surface area contributed by atoms with Crippen LogP contribution in [0.3, 0.4) is 0 Å². The van der Waals surface area contributed by atoms with Crippen molar-refractivity contribution in [2.75, 3.05) is 23.9 Å². The third-order valence-electron chi connectivity index (χ3n) is 5.85. The summed E-state index contributed by atoms with van der Waals surface area (Å²) in [6, 6.07) is 22.6. The number of imide groups is 1. The van der Waals surface area contributed by atoms with Crippen LogP contribution in [0.1, 0.15) is 17.5 Å². The number of aryl methyl sites for hydroxylation is 1. The SMILES string of the molecule is COc1ccc(NC(=O)C[C@H]2C(=O)N(c3ccc(C)cc3)C(=O)N2CCc2ccccc2)cc1. The molecule has 0 radical (unpaired) electrons. The molecule has 0 aromatic heterocycles. The van der Waals surface area contributed by atoms with Crippen LogP contribution in [-0.4, -0.2) is 42.4 Å². The van der Waals surface area contributed by atoms with Crippen LogP contribution in [0.4, 0.5) is 16.2 Å². The Balaban J connectivity index is 1.53. The Labute approximate surface area is 198 Å². The summed E-state index contributed by atoms with van der Waals surface area (Å²) in [4.78, 5) is 42.2. The Bertz CT molecular complexity index is 1160. The topological polar surface area (TPSA) is 79.0 Å². The number of nitrogens with zero attached hydrogens (tertiary/aromatic N) is 2. The number of hydrogen-bond acceptors (Lipinski definition) is 4. The van der Waals surface area contributed by atoms with E-state index in [9.17, 15) is 14.4 Å². The van der Waals surface area contributed by atoms with Crippen LogP contribution in [0, 0.1) is 6.92 Å². The summed E-state index contributed by atoms with van der Waals surface area (Å²) in [5, 5.41) is 2.81. The zero-order chi connectivity index (χ0) is 24.1. The van der Waals surface area contributed by atoms with E-state index in [1.807, 2.05) is 49.4 Å². The van der Waals surface area contributed by atoms with Gasteiger partial charge >= 0.3 is 6.03 Å². The highest BCUT2D eigenvalue weighted by atomic mass is 16.5. The van der Waals surface area contributed by atoms with Gasteiger partial charge in [-0.25, -0.2) is 9.69 Å². The molecular weight excluding hydrogens is 430 g/mol. The minimum atomic E-state index is -0.879. The molecule has 4 amide bonds. The predicted molar refractivity (Wildman–Crippen MR) is 131 cm³/mol. The lowest BCUT2D eigenvalue weighted by Crippen LogP contribution is -2.39. The Kier molecular flexibility index (Phi) is 6.92. The summed E-state index contributed by atoms with van der Waals surface area (Å²) >= 11 is 0. The molecule has 34 heavy (non-hydrogen) atoms.